The summed E-state index contributed by atoms with van der Waals surface area (Å²) < 4.78 is 6.31. The maximum absolute atomic E-state index is 13.4. The molecule has 2 saturated heterocycles. The van der Waals surface area contributed by atoms with Gasteiger partial charge in [0.05, 0.1) is 22.2 Å². The summed E-state index contributed by atoms with van der Waals surface area (Å²) in [6, 6.07) is 12.9. The quantitative estimate of drug-likeness (QED) is 0.541. The number of aromatic amines is 1. The van der Waals surface area contributed by atoms with Crippen molar-refractivity contribution in [2.75, 3.05) is 56.1 Å². The number of H-pyrrole nitrogens is 1. The fraction of sp³-hybridized carbons (Fsp3) is 0.464. The van der Waals surface area contributed by atoms with E-state index in [0.29, 0.717) is 54.3 Å². The summed E-state index contributed by atoms with van der Waals surface area (Å²) in [5.74, 6) is 1.40. The fourth-order valence-electron chi connectivity index (χ4n) is 5.76. The molecule has 6 rings (SSSR count). The largest absolute Gasteiger partial charge is 0.455 e. The van der Waals surface area contributed by atoms with E-state index in [4.69, 9.17) is 4.74 Å². The van der Waals surface area contributed by atoms with Crippen LogP contribution in [0.15, 0.2) is 47.3 Å². The van der Waals surface area contributed by atoms with Gasteiger partial charge in [-0.1, -0.05) is 12.1 Å². The van der Waals surface area contributed by atoms with E-state index in [1.54, 1.807) is 6.07 Å². The fourth-order valence-corrected chi connectivity index (χ4v) is 5.76. The highest BCUT2D eigenvalue weighted by molar-refractivity contribution is 5.95. The molecule has 3 aliphatic heterocycles. The third-order valence-corrected chi connectivity index (χ3v) is 8.15. The molecule has 3 aromatic rings. The second-order valence-corrected chi connectivity index (χ2v) is 11.1. The van der Waals surface area contributed by atoms with Crippen LogP contribution in [0.25, 0.3) is 10.9 Å². The number of fused-ring (bicyclic) bond motifs is 2. The molecule has 2 unspecified atom stereocenters. The molecule has 2 fully saturated rings. The van der Waals surface area contributed by atoms with Gasteiger partial charge < -0.3 is 24.5 Å². The maximum atomic E-state index is 13.4. The first-order valence-corrected chi connectivity index (χ1v) is 13.2. The van der Waals surface area contributed by atoms with Crippen molar-refractivity contribution in [2.45, 2.75) is 32.2 Å². The number of para-hydroxylation sites is 1. The van der Waals surface area contributed by atoms with Crippen molar-refractivity contribution in [3.8, 4) is 5.75 Å². The van der Waals surface area contributed by atoms with Crippen LogP contribution in [0.5, 0.6) is 5.75 Å². The van der Waals surface area contributed by atoms with Crippen LogP contribution in [-0.4, -0.2) is 89.1 Å². The third kappa shape index (κ3) is 4.37. The molecule has 0 saturated carbocycles. The van der Waals surface area contributed by atoms with Crippen molar-refractivity contribution in [2.24, 2.45) is 5.92 Å². The Balaban J connectivity index is 1.11. The molecule has 2 N–H and O–H groups in total. The predicted octanol–water partition coefficient (Wildman–Crippen LogP) is 2.09. The molecule has 1 amide bonds. The minimum atomic E-state index is -0.720. The second-order valence-electron chi connectivity index (χ2n) is 11.1. The van der Waals surface area contributed by atoms with Gasteiger partial charge in [0.2, 0.25) is 12.3 Å². The highest BCUT2D eigenvalue weighted by atomic mass is 16.5. The zero-order valence-corrected chi connectivity index (χ0v) is 22.1. The van der Waals surface area contributed by atoms with Gasteiger partial charge in [0.1, 0.15) is 5.75 Å². The monoisotopic (exact) mass is 518 g/mol. The Morgan fingerprint density at radius 3 is 2.61 bits per heavy atom. The second kappa shape index (κ2) is 9.28. The van der Waals surface area contributed by atoms with Crippen LogP contribution in [0, 0.1) is 5.92 Å². The Morgan fingerprint density at radius 2 is 1.87 bits per heavy atom. The average molecular weight is 519 g/mol. The Morgan fingerprint density at radius 1 is 1.11 bits per heavy atom. The zero-order valence-electron chi connectivity index (χ0n) is 22.1. The molecule has 1 aromatic heterocycles. The number of nitrogens with one attached hydrogen (secondary N) is 1. The van der Waals surface area contributed by atoms with Crippen LogP contribution in [-0.2, 0) is 0 Å². The minimum Gasteiger partial charge on any atom is -0.455 e. The number of ether oxygens (including phenoxy) is 1. The van der Waals surface area contributed by atoms with Gasteiger partial charge in [0, 0.05) is 57.8 Å². The van der Waals surface area contributed by atoms with E-state index in [1.807, 2.05) is 67.1 Å². The van der Waals surface area contributed by atoms with E-state index < -0.39 is 5.60 Å². The topological polar surface area (TPSA) is 105 Å². The number of carbonyl (C=O) groups excluding carboxylic acids is 1. The molecule has 200 valence electrons. The molecule has 0 radical (unpaired) electrons. The number of rotatable bonds is 4. The van der Waals surface area contributed by atoms with Crippen molar-refractivity contribution in [1.29, 1.82) is 0 Å². The average Bonchev–Trinajstić information content (AvgIpc) is 3.53. The van der Waals surface area contributed by atoms with Crippen molar-refractivity contribution in [3.05, 3.63) is 58.4 Å². The lowest BCUT2D eigenvalue weighted by molar-refractivity contribution is 0.00622. The summed E-state index contributed by atoms with van der Waals surface area (Å²) in [7, 11) is 2.00. The summed E-state index contributed by atoms with van der Waals surface area (Å²) in [6.45, 7) is 7.57. The van der Waals surface area contributed by atoms with Crippen LogP contribution in [0.1, 0.15) is 30.6 Å². The summed E-state index contributed by atoms with van der Waals surface area (Å²) in [5, 5.41) is 11.0. The van der Waals surface area contributed by atoms with Crippen LogP contribution in [0.4, 0.5) is 11.6 Å². The molecule has 0 spiro atoms. The molecule has 38 heavy (non-hydrogen) atoms. The lowest BCUT2D eigenvalue weighted by Crippen LogP contribution is -2.49. The van der Waals surface area contributed by atoms with Gasteiger partial charge in [-0.2, -0.15) is 0 Å². The number of benzene rings is 2. The summed E-state index contributed by atoms with van der Waals surface area (Å²) in [4.78, 5) is 41.5. The smallest absolute Gasteiger partial charge is 0.260 e. The SMILES string of the molecule is CN1c2ccc(C(=O)N3CCN(c4nc5ccccc5c(=O)[nH]4)CC3)cc2OC1N1CCC(C(C)(C)O)C1. The van der Waals surface area contributed by atoms with Crippen LogP contribution in [0.2, 0.25) is 0 Å². The lowest BCUT2D eigenvalue weighted by Gasteiger charge is -2.35. The Bertz CT molecular complexity index is 1420. The molecular weight excluding hydrogens is 484 g/mol. The van der Waals surface area contributed by atoms with Gasteiger partial charge in [-0.05, 0) is 50.6 Å². The number of amides is 1. The van der Waals surface area contributed by atoms with Gasteiger partial charge in [-0.15, -0.1) is 0 Å². The number of piperazine rings is 1. The lowest BCUT2D eigenvalue weighted by atomic mass is 9.90. The summed E-state index contributed by atoms with van der Waals surface area (Å²) >= 11 is 0. The Hall–Kier alpha value is -3.63. The number of hydrogen-bond acceptors (Lipinski definition) is 8. The van der Waals surface area contributed by atoms with E-state index in [9.17, 15) is 14.7 Å². The van der Waals surface area contributed by atoms with Gasteiger partial charge in [0.25, 0.3) is 11.5 Å². The first-order valence-electron chi connectivity index (χ1n) is 13.2. The number of carbonyl (C=O) groups is 1. The Labute approximate surface area is 221 Å². The Kier molecular flexibility index (Phi) is 6.03. The third-order valence-electron chi connectivity index (χ3n) is 8.15. The minimum absolute atomic E-state index is 0.0367. The molecular formula is C28H34N6O4. The van der Waals surface area contributed by atoms with Gasteiger partial charge >= 0.3 is 0 Å². The highest BCUT2D eigenvalue weighted by Crippen LogP contribution is 2.40. The first-order chi connectivity index (χ1) is 18.2. The maximum Gasteiger partial charge on any atom is 0.260 e. The number of hydrogen-bond donors (Lipinski definition) is 2. The van der Waals surface area contributed by atoms with Gasteiger partial charge in [0.15, 0.2) is 0 Å². The molecule has 2 atom stereocenters. The molecule has 0 bridgehead atoms. The number of aromatic nitrogens is 2. The molecule has 2 aromatic carbocycles. The number of aliphatic hydroxyl groups is 1. The summed E-state index contributed by atoms with van der Waals surface area (Å²) in [5.41, 5.74) is 1.33. The van der Waals surface area contributed by atoms with E-state index in [-0.39, 0.29) is 23.7 Å². The van der Waals surface area contributed by atoms with E-state index >= 15 is 0 Å². The highest BCUT2D eigenvalue weighted by Gasteiger charge is 2.41. The van der Waals surface area contributed by atoms with Crippen molar-refractivity contribution < 1.29 is 14.6 Å². The van der Waals surface area contributed by atoms with E-state index in [2.05, 4.69) is 19.8 Å². The number of nitrogens with zero attached hydrogens (tertiary/aromatic N) is 5. The van der Waals surface area contributed by atoms with Gasteiger partial charge in [-0.3, -0.25) is 19.5 Å². The van der Waals surface area contributed by atoms with E-state index in [1.165, 1.54) is 0 Å². The standard InChI is InChI=1S/C28H34N6O4/c1-28(2,37)19-10-11-34(17-19)27-31(3)22-9-8-18(16-23(22)38-27)25(36)32-12-14-33(15-13-32)26-29-21-7-5-4-6-20(21)24(35)30-26/h4-9,16,19,27,37H,10-15,17H2,1-3H3,(H,29,30,35). The normalized spacial score (nSPS) is 22.2. The predicted molar refractivity (Wildman–Crippen MR) is 146 cm³/mol. The molecule has 3 aliphatic rings. The van der Waals surface area contributed by atoms with Crippen LogP contribution >= 0.6 is 0 Å². The zero-order chi connectivity index (χ0) is 26.6. The van der Waals surface area contributed by atoms with Crippen LogP contribution < -0.4 is 20.1 Å². The van der Waals surface area contributed by atoms with Crippen molar-refractivity contribution in [1.82, 2.24) is 19.8 Å². The molecule has 10 nitrogen and oxygen atoms in total. The van der Waals surface area contributed by atoms with Crippen LogP contribution in [0.3, 0.4) is 0 Å². The molecule has 10 heteroatoms. The number of anilines is 2. The first kappa shape index (κ1) is 24.7. The molecule has 0 aliphatic carbocycles. The molecule has 4 heterocycles. The van der Waals surface area contributed by atoms with Crippen molar-refractivity contribution in [3.63, 3.8) is 0 Å². The van der Waals surface area contributed by atoms with Gasteiger partial charge in [-0.25, -0.2) is 4.98 Å². The van der Waals surface area contributed by atoms with Crippen molar-refractivity contribution >= 4 is 28.4 Å². The summed E-state index contributed by atoms with van der Waals surface area (Å²) in [6.07, 6.45) is 0.675. The van der Waals surface area contributed by atoms with E-state index in [0.717, 1.165) is 25.2 Å². The number of likely N-dealkylation sites (tertiary alicyclic amines) is 1.